The number of aromatic nitrogens is 2. The molecule has 16 heavy (non-hydrogen) atoms. The lowest BCUT2D eigenvalue weighted by atomic mass is 9.95. The molecule has 0 unspecified atom stereocenters. The highest BCUT2D eigenvalue weighted by Crippen LogP contribution is 2.25. The smallest absolute Gasteiger partial charge is 0.116 e. The molecule has 0 N–H and O–H groups in total. The summed E-state index contributed by atoms with van der Waals surface area (Å²) in [5, 5.41) is 0. The van der Waals surface area contributed by atoms with E-state index in [1.807, 2.05) is 18.2 Å². The molecule has 0 saturated carbocycles. The molecule has 0 amide bonds. The zero-order valence-corrected chi connectivity index (χ0v) is 9.99. The maximum atomic E-state index is 5.42. The Bertz CT molecular complexity index is 550. The van der Waals surface area contributed by atoms with Gasteiger partial charge in [-0.05, 0) is 12.1 Å². The van der Waals surface area contributed by atoms with Gasteiger partial charge in [-0.3, -0.25) is 0 Å². The molecular formula is C14H16N2. The first-order chi connectivity index (χ1) is 7.54. The summed E-state index contributed by atoms with van der Waals surface area (Å²) >= 11 is 0. The molecule has 0 bridgehead atoms. The topological polar surface area (TPSA) is 17.8 Å². The Morgan fingerprint density at radius 1 is 1.31 bits per heavy atom. The lowest BCUT2D eigenvalue weighted by Gasteiger charge is -2.18. The highest BCUT2D eigenvalue weighted by Gasteiger charge is 2.22. The number of hydrogen-bond acceptors (Lipinski definition) is 1. The normalized spacial score (nSPS) is 11.6. The Labute approximate surface area is 96.3 Å². The Morgan fingerprint density at radius 2 is 2.00 bits per heavy atom. The second-order valence-corrected chi connectivity index (χ2v) is 4.96. The molecule has 1 aromatic heterocycles. The van der Waals surface area contributed by atoms with Gasteiger partial charge in [0.15, 0.2) is 0 Å². The molecule has 2 rings (SSSR count). The lowest BCUT2D eigenvalue weighted by molar-refractivity contribution is 0.520. The van der Waals surface area contributed by atoms with Crippen molar-refractivity contribution >= 4 is 11.0 Å². The van der Waals surface area contributed by atoms with Crippen molar-refractivity contribution in [3.63, 3.8) is 0 Å². The molecule has 2 nitrogen and oxygen atoms in total. The average Bonchev–Trinajstić information content (AvgIpc) is 2.58. The summed E-state index contributed by atoms with van der Waals surface area (Å²) in [4.78, 5) is 4.67. The molecule has 1 heterocycles. The largest absolute Gasteiger partial charge is 0.316 e. The number of imidazole rings is 1. The molecule has 1 aromatic carbocycles. The van der Waals surface area contributed by atoms with Gasteiger partial charge in [0.05, 0.1) is 17.6 Å². The van der Waals surface area contributed by atoms with E-state index >= 15 is 0 Å². The summed E-state index contributed by atoms with van der Waals surface area (Å²) in [6, 6.07) is 8.11. The van der Waals surface area contributed by atoms with Crippen molar-refractivity contribution in [2.45, 2.75) is 32.7 Å². The van der Waals surface area contributed by atoms with Crippen LogP contribution in [0.25, 0.3) is 11.0 Å². The summed E-state index contributed by atoms with van der Waals surface area (Å²) in [5.41, 5.74) is 2.14. The van der Waals surface area contributed by atoms with Gasteiger partial charge in [0, 0.05) is 5.41 Å². The number of benzene rings is 1. The Hall–Kier alpha value is -1.75. The standard InChI is InChI=1S/C14H16N2/c1-5-10-16-12-9-7-6-8-11(12)15-13(16)14(2,3)4/h1,6-9H,10H2,2-4H3. The van der Waals surface area contributed by atoms with Crippen LogP contribution in [0, 0.1) is 12.3 Å². The van der Waals surface area contributed by atoms with Gasteiger partial charge < -0.3 is 4.57 Å². The fraction of sp³-hybridized carbons (Fsp3) is 0.357. The van der Waals surface area contributed by atoms with E-state index in [-0.39, 0.29) is 5.41 Å². The quantitative estimate of drug-likeness (QED) is 0.664. The van der Waals surface area contributed by atoms with E-state index < -0.39 is 0 Å². The van der Waals surface area contributed by atoms with Gasteiger partial charge in [-0.1, -0.05) is 38.8 Å². The minimum atomic E-state index is 0.00979. The van der Waals surface area contributed by atoms with Crippen molar-refractivity contribution in [1.82, 2.24) is 9.55 Å². The SMILES string of the molecule is C#CCn1c(C(C)(C)C)nc2ccccc21. The van der Waals surface area contributed by atoms with Crippen LogP contribution in [0.4, 0.5) is 0 Å². The Balaban J connectivity index is 2.74. The monoisotopic (exact) mass is 212 g/mol. The Morgan fingerprint density at radius 3 is 2.62 bits per heavy atom. The average molecular weight is 212 g/mol. The van der Waals surface area contributed by atoms with E-state index in [9.17, 15) is 0 Å². The highest BCUT2D eigenvalue weighted by atomic mass is 15.1. The number of fused-ring (bicyclic) bond motifs is 1. The summed E-state index contributed by atoms with van der Waals surface area (Å²) in [7, 11) is 0. The third-order valence-electron chi connectivity index (χ3n) is 2.57. The maximum absolute atomic E-state index is 5.42. The van der Waals surface area contributed by atoms with Crippen LogP contribution in [-0.4, -0.2) is 9.55 Å². The summed E-state index contributed by atoms with van der Waals surface area (Å²) in [5.74, 6) is 3.75. The van der Waals surface area contributed by atoms with Crippen molar-refractivity contribution in [3.8, 4) is 12.3 Å². The first kappa shape index (κ1) is 10.8. The fourth-order valence-electron chi connectivity index (χ4n) is 1.90. The second kappa shape index (κ2) is 3.68. The van der Waals surface area contributed by atoms with Gasteiger partial charge in [-0.2, -0.15) is 0 Å². The summed E-state index contributed by atoms with van der Waals surface area (Å²) in [6.45, 7) is 7.04. The molecule has 0 aliphatic heterocycles. The van der Waals surface area contributed by atoms with Crippen molar-refractivity contribution < 1.29 is 0 Å². The molecule has 2 aromatic rings. The van der Waals surface area contributed by atoms with Crippen LogP contribution >= 0.6 is 0 Å². The molecule has 0 saturated heterocycles. The Kier molecular flexibility index (Phi) is 2.47. The fourth-order valence-corrected chi connectivity index (χ4v) is 1.90. The first-order valence-electron chi connectivity index (χ1n) is 5.43. The van der Waals surface area contributed by atoms with E-state index in [0.29, 0.717) is 6.54 Å². The van der Waals surface area contributed by atoms with Crippen LogP contribution < -0.4 is 0 Å². The van der Waals surface area contributed by atoms with Gasteiger partial charge in [0.25, 0.3) is 0 Å². The number of terminal acetylenes is 1. The van der Waals surface area contributed by atoms with Gasteiger partial charge in [0.2, 0.25) is 0 Å². The maximum Gasteiger partial charge on any atom is 0.116 e. The van der Waals surface area contributed by atoms with Crippen molar-refractivity contribution in [1.29, 1.82) is 0 Å². The van der Waals surface area contributed by atoms with E-state index in [4.69, 9.17) is 6.42 Å². The molecular weight excluding hydrogens is 196 g/mol. The number of hydrogen-bond donors (Lipinski definition) is 0. The highest BCUT2D eigenvalue weighted by molar-refractivity contribution is 5.76. The van der Waals surface area contributed by atoms with Crippen molar-refractivity contribution in [2.75, 3.05) is 0 Å². The van der Waals surface area contributed by atoms with Crippen LogP contribution in [0.15, 0.2) is 24.3 Å². The van der Waals surface area contributed by atoms with Gasteiger partial charge in [-0.15, -0.1) is 6.42 Å². The van der Waals surface area contributed by atoms with E-state index in [1.54, 1.807) is 0 Å². The predicted molar refractivity (Wildman–Crippen MR) is 67.3 cm³/mol. The lowest BCUT2D eigenvalue weighted by Crippen LogP contribution is -2.18. The molecule has 0 fully saturated rings. The van der Waals surface area contributed by atoms with Crippen molar-refractivity contribution in [2.24, 2.45) is 0 Å². The van der Waals surface area contributed by atoms with Crippen LogP contribution in [-0.2, 0) is 12.0 Å². The van der Waals surface area contributed by atoms with Crippen LogP contribution in [0.5, 0.6) is 0 Å². The van der Waals surface area contributed by atoms with Crippen LogP contribution in [0.1, 0.15) is 26.6 Å². The van der Waals surface area contributed by atoms with Gasteiger partial charge in [0.1, 0.15) is 5.82 Å². The predicted octanol–water partition coefficient (Wildman–Crippen LogP) is 2.97. The van der Waals surface area contributed by atoms with Gasteiger partial charge in [-0.25, -0.2) is 4.98 Å². The number of rotatable bonds is 1. The molecule has 0 radical (unpaired) electrons. The molecule has 0 spiro atoms. The number of nitrogens with zero attached hydrogens (tertiary/aromatic N) is 2. The van der Waals surface area contributed by atoms with Crippen molar-refractivity contribution in [3.05, 3.63) is 30.1 Å². The zero-order chi connectivity index (χ0) is 11.8. The zero-order valence-electron chi connectivity index (χ0n) is 9.99. The third kappa shape index (κ3) is 1.69. The van der Waals surface area contributed by atoms with E-state index in [2.05, 4.69) is 42.3 Å². The third-order valence-corrected chi connectivity index (χ3v) is 2.57. The summed E-state index contributed by atoms with van der Waals surface area (Å²) < 4.78 is 2.12. The molecule has 0 atom stereocenters. The molecule has 0 aliphatic rings. The minimum absolute atomic E-state index is 0.00979. The van der Waals surface area contributed by atoms with Crippen LogP contribution in [0.2, 0.25) is 0 Å². The number of para-hydroxylation sites is 2. The van der Waals surface area contributed by atoms with Crippen LogP contribution in [0.3, 0.4) is 0 Å². The van der Waals surface area contributed by atoms with Gasteiger partial charge >= 0.3 is 0 Å². The summed E-state index contributed by atoms with van der Waals surface area (Å²) in [6.07, 6.45) is 5.42. The minimum Gasteiger partial charge on any atom is -0.316 e. The molecule has 82 valence electrons. The molecule has 2 heteroatoms. The van der Waals surface area contributed by atoms with E-state index in [1.165, 1.54) is 0 Å². The second-order valence-electron chi connectivity index (χ2n) is 4.96. The molecule has 0 aliphatic carbocycles. The first-order valence-corrected chi connectivity index (χ1v) is 5.43. The van der Waals surface area contributed by atoms with E-state index in [0.717, 1.165) is 16.9 Å².